The van der Waals surface area contributed by atoms with Crippen LogP contribution in [0.25, 0.3) is 0 Å². The lowest BCUT2D eigenvalue weighted by molar-refractivity contribution is 0.0635. The van der Waals surface area contributed by atoms with Crippen LogP contribution in [0.2, 0.25) is 0 Å². The van der Waals surface area contributed by atoms with Crippen LogP contribution in [0.5, 0.6) is 0 Å². The highest BCUT2D eigenvalue weighted by molar-refractivity contribution is 6.05. The van der Waals surface area contributed by atoms with E-state index in [1.807, 2.05) is 20.2 Å². The lowest BCUT2D eigenvalue weighted by atomic mass is 10.0. The Bertz CT molecular complexity index is 1390. The summed E-state index contributed by atoms with van der Waals surface area (Å²) in [5.41, 5.74) is 1.48. The van der Waals surface area contributed by atoms with Gasteiger partial charge in [0, 0.05) is 11.8 Å². The third kappa shape index (κ3) is 11.2. The molecule has 2 aromatic carbocycles. The summed E-state index contributed by atoms with van der Waals surface area (Å²) in [5, 5.41) is 11.0. The molecule has 1 heterocycles. The minimum absolute atomic E-state index is 0.137. The van der Waals surface area contributed by atoms with Crippen molar-refractivity contribution in [1.82, 2.24) is 20.5 Å². The van der Waals surface area contributed by atoms with E-state index in [1.165, 1.54) is 0 Å². The number of carbonyl (C=O) groups is 4. The summed E-state index contributed by atoms with van der Waals surface area (Å²) < 4.78 is 5.31. The molecule has 4 amide bonds. The number of rotatable bonds is 12. The fourth-order valence-electron chi connectivity index (χ4n) is 4.08. The zero-order valence-electron chi connectivity index (χ0n) is 25.3. The van der Waals surface area contributed by atoms with Gasteiger partial charge in [-0.3, -0.25) is 19.9 Å². The van der Waals surface area contributed by atoms with Gasteiger partial charge in [-0.25, -0.2) is 9.59 Å². The number of benzene rings is 2. The fourth-order valence-corrected chi connectivity index (χ4v) is 4.08. The molecule has 0 bridgehead atoms. The van der Waals surface area contributed by atoms with Crippen LogP contribution in [0.3, 0.4) is 0 Å². The topological polar surface area (TPSA) is 142 Å². The van der Waals surface area contributed by atoms with Gasteiger partial charge in [0.25, 0.3) is 5.91 Å². The summed E-state index contributed by atoms with van der Waals surface area (Å²) in [7, 11) is 3.95. The summed E-state index contributed by atoms with van der Waals surface area (Å²) in [6.45, 7) is 5.96. The molecule has 0 aliphatic rings. The highest BCUT2D eigenvalue weighted by atomic mass is 16.6. The van der Waals surface area contributed by atoms with Gasteiger partial charge >= 0.3 is 12.1 Å². The fraction of sp³-hybridized carbons (Fsp3) is 0.344. The van der Waals surface area contributed by atoms with E-state index in [9.17, 15) is 19.2 Å². The average Bonchev–Trinajstić information content (AvgIpc) is 2.95. The number of aromatic nitrogens is 1. The molecule has 228 valence electrons. The van der Waals surface area contributed by atoms with Gasteiger partial charge in [0.15, 0.2) is 5.78 Å². The molecule has 1 aromatic heterocycles. The number of urea groups is 1. The van der Waals surface area contributed by atoms with E-state index >= 15 is 0 Å². The Labute approximate surface area is 252 Å². The van der Waals surface area contributed by atoms with Crippen LogP contribution < -0.4 is 21.3 Å². The molecule has 0 saturated carbocycles. The molecule has 0 radical (unpaired) electrons. The van der Waals surface area contributed by atoms with E-state index in [2.05, 4.69) is 31.2 Å². The van der Waals surface area contributed by atoms with Gasteiger partial charge in [0.1, 0.15) is 11.3 Å². The Morgan fingerprint density at radius 2 is 1.53 bits per heavy atom. The second-order valence-corrected chi connectivity index (χ2v) is 11.2. The van der Waals surface area contributed by atoms with E-state index in [0.29, 0.717) is 28.9 Å². The van der Waals surface area contributed by atoms with Gasteiger partial charge in [0.2, 0.25) is 0 Å². The summed E-state index contributed by atoms with van der Waals surface area (Å²) in [5.74, 6) is -0.668. The summed E-state index contributed by atoms with van der Waals surface area (Å²) in [6.07, 6.45) is 2.33. The number of carbonyl (C=O) groups excluding carboxylic acids is 4. The first-order valence-electron chi connectivity index (χ1n) is 14.0. The summed E-state index contributed by atoms with van der Waals surface area (Å²) in [6, 6.07) is 18.0. The van der Waals surface area contributed by atoms with Crippen molar-refractivity contribution in [2.24, 2.45) is 0 Å². The maximum Gasteiger partial charge on any atom is 0.412 e. The number of hydrogen-bond acceptors (Lipinski definition) is 7. The first-order chi connectivity index (χ1) is 20.4. The van der Waals surface area contributed by atoms with Crippen molar-refractivity contribution < 1.29 is 23.9 Å². The maximum atomic E-state index is 13.0. The standard InChI is InChI=1S/C32H40N6O5/c1-32(2,3)43-31(42)37-26-15-10-9-14-25(26)35-29(40)27-18-17-23(20-33-27)24(16-11-19-38(4)5)36-30(41)34-21-28(39)22-12-7-6-8-13-22/h6-10,12-15,17-18,20,24H,11,16,19,21H2,1-5H3,(H,35,40)(H,37,42)(H2,34,36,41). The van der Waals surface area contributed by atoms with Crippen LogP contribution in [-0.4, -0.2) is 66.5 Å². The number of anilines is 2. The van der Waals surface area contributed by atoms with Crippen LogP contribution in [0, 0.1) is 0 Å². The number of hydrogen-bond donors (Lipinski definition) is 4. The number of nitrogens with one attached hydrogen (secondary N) is 4. The molecule has 43 heavy (non-hydrogen) atoms. The molecule has 0 fully saturated rings. The molecule has 0 spiro atoms. The van der Waals surface area contributed by atoms with E-state index < -0.39 is 29.7 Å². The number of Topliss-reactive ketones (excluding diaryl/α,β-unsaturated/α-hetero) is 1. The molecular weight excluding hydrogens is 548 g/mol. The number of ether oxygens (including phenoxy) is 1. The second kappa shape index (κ2) is 15.5. The van der Waals surface area contributed by atoms with Crippen molar-refractivity contribution in [3.63, 3.8) is 0 Å². The van der Waals surface area contributed by atoms with Crippen molar-refractivity contribution in [2.45, 2.75) is 45.3 Å². The molecule has 0 aliphatic carbocycles. The van der Waals surface area contributed by atoms with Crippen LogP contribution in [0.1, 0.15) is 66.1 Å². The SMILES string of the molecule is CN(C)CCCC(NC(=O)NCC(=O)c1ccccc1)c1ccc(C(=O)Nc2ccccc2NC(=O)OC(C)(C)C)nc1. The Hall–Kier alpha value is -4.77. The Morgan fingerprint density at radius 3 is 2.14 bits per heavy atom. The second-order valence-electron chi connectivity index (χ2n) is 11.2. The van der Waals surface area contributed by atoms with Crippen molar-refractivity contribution in [3.05, 3.63) is 89.7 Å². The summed E-state index contributed by atoms with van der Waals surface area (Å²) in [4.78, 5) is 56.8. The van der Waals surface area contributed by atoms with Crippen molar-refractivity contribution >= 4 is 35.2 Å². The third-order valence-corrected chi connectivity index (χ3v) is 6.14. The number of ketones is 1. The molecule has 1 unspecified atom stereocenters. The van der Waals surface area contributed by atoms with E-state index in [-0.39, 0.29) is 18.0 Å². The van der Waals surface area contributed by atoms with Crippen LogP contribution in [0.15, 0.2) is 72.9 Å². The van der Waals surface area contributed by atoms with Gasteiger partial charge in [-0.1, -0.05) is 48.5 Å². The molecule has 3 aromatic rings. The average molecular weight is 589 g/mol. The zero-order chi connectivity index (χ0) is 31.4. The molecule has 3 rings (SSSR count). The van der Waals surface area contributed by atoms with Crippen molar-refractivity contribution in [2.75, 3.05) is 37.8 Å². The maximum absolute atomic E-state index is 13.0. The Kier molecular flexibility index (Phi) is 11.8. The normalized spacial score (nSPS) is 11.8. The highest BCUT2D eigenvalue weighted by Crippen LogP contribution is 2.23. The van der Waals surface area contributed by atoms with E-state index in [4.69, 9.17) is 4.74 Å². The predicted octanol–water partition coefficient (Wildman–Crippen LogP) is 5.25. The van der Waals surface area contributed by atoms with Crippen LogP contribution in [0.4, 0.5) is 21.0 Å². The highest BCUT2D eigenvalue weighted by Gasteiger charge is 2.20. The lowest BCUT2D eigenvalue weighted by Gasteiger charge is -2.21. The number of amides is 4. The summed E-state index contributed by atoms with van der Waals surface area (Å²) >= 11 is 0. The molecule has 4 N–H and O–H groups in total. The van der Waals surface area contributed by atoms with Gasteiger partial charge < -0.3 is 25.6 Å². The van der Waals surface area contributed by atoms with Gasteiger partial charge in [-0.05, 0) is 78.0 Å². The minimum atomic E-state index is -0.673. The van der Waals surface area contributed by atoms with E-state index in [1.54, 1.807) is 87.6 Å². The molecule has 1 atom stereocenters. The molecule has 11 nitrogen and oxygen atoms in total. The van der Waals surface area contributed by atoms with E-state index in [0.717, 1.165) is 13.0 Å². The van der Waals surface area contributed by atoms with Gasteiger partial charge in [-0.15, -0.1) is 0 Å². The number of nitrogens with zero attached hydrogens (tertiary/aromatic N) is 2. The first kappa shape index (κ1) is 32.7. The predicted molar refractivity (Wildman–Crippen MR) is 166 cm³/mol. The number of para-hydroxylation sites is 2. The zero-order valence-corrected chi connectivity index (χ0v) is 25.3. The number of pyridine rings is 1. The van der Waals surface area contributed by atoms with Crippen molar-refractivity contribution in [3.8, 4) is 0 Å². The minimum Gasteiger partial charge on any atom is -0.444 e. The quantitative estimate of drug-likeness (QED) is 0.212. The van der Waals surface area contributed by atoms with Crippen LogP contribution >= 0.6 is 0 Å². The van der Waals surface area contributed by atoms with Crippen molar-refractivity contribution in [1.29, 1.82) is 0 Å². The first-order valence-corrected chi connectivity index (χ1v) is 14.0. The Morgan fingerprint density at radius 1 is 0.884 bits per heavy atom. The third-order valence-electron chi connectivity index (χ3n) is 6.14. The van der Waals surface area contributed by atoms with Gasteiger partial charge in [0.05, 0.1) is 24.0 Å². The smallest absolute Gasteiger partial charge is 0.412 e. The monoisotopic (exact) mass is 588 g/mol. The molecule has 11 heteroatoms. The Balaban J connectivity index is 1.66. The van der Waals surface area contributed by atoms with Gasteiger partial charge in [-0.2, -0.15) is 0 Å². The molecule has 0 aliphatic heterocycles. The molecular formula is C32H40N6O5. The lowest BCUT2D eigenvalue weighted by Crippen LogP contribution is -2.40. The molecule has 0 saturated heterocycles. The largest absolute Gasteiger partial charge is 0.444 e. The van der Waals surface area contributed by atoms with Crippen LogP contribution in [-0.2, 0) is 4.74 Å².